The summed E-state index contributed by atoms with van der Waals surface area (Å²) in [4.78, 5) is 70.0. The van der Waals surface area contributed by atoms with E-state index in [1.807, 2.05) is 0 Å². The van der Waals surface area contributed by atoms with Crippen LogP contribution >= 0.6 is 12.6 Å². The number of primary amides is 2. The standard InChI is InChI=1S/C15H26N6O8S/c16-6(4-22)12(25)19-7(1-2-10(17)23)13(26)20-8(3-11(18)24)14(27)21-9(5-30)15(28)29/h6-9,22,30H,1-5,16H2,(H2,17,23)(H2,18,24)(H,19,25)(H,20,26)(H,21,27)(H,28,29). The molecule has 5 amide bonds. The molecule has 0 aromatic rings. The number of amides is 5. The van der Waals surface area contributed by atoms with Crippen LogP contribution in [0.15, 0.2) is 0 Å². The minimum Gasteiger partial charge on any atom is -0.480 e. The molecular formula is C15H26N6O8S. The van der Waals surface area contributed by atoms with Gasteiger partial charge in [0.05, 0.1) is 13.0 Å². The van der Waals surface area contributed by atoms with Gasteiger partial charge in [0.1, 0.15) is 24.2 Å². The molecule has 0 spiro atoms. The van der Waals surface area contributed by atoms with Crippen molar-refractivity contribution in [3.05, 3.63) is 0 Å². The molecule has 14 nitrogen and oxygen atoms in total. The van der Waals surface area contributed by atoms with Gasteiger partial charge >= 0.3 is 5.97 Å². The molecule has 15 heteroatoms. The molecule has 4 atom stereocenters. The third-order valence-corrected chi connectivity index (χ3v) is 4.05. The second-order valence-electron chi connectivity index (χ2n) is 6.17. The zero-order chi connectivity index (χ0) is 23.4. The van der Waals surface area contributed by atoms with Crippen LogP contribution in [-0.4, -0.2) is 82.2 Å². The first-order chi connectivity index (χ1) is 13.9. The van der Waals surface area contributed by atoms with Gasteiger partial charge in [-0.25, -0.2) is 4.79 Å². The van der Waals surface area contributed by atoms with E-state index in [1.54, 1.807) is 0 Å². The van der Waals surface area contributed by atoms with Crippen LogP contribution in [0.4, 0.5) is 0 Å². The van der Waals surface area contributed by atoms with E-state index in [4.69, 9.17) is 27.4 Å². The third-order valence-electron chi connectivity index (χ3n) is 3.68. The van der Waals surface area contributed by atoms with Crippen LogP contribution in [0.25, 0.3) is 0 Å². The zero-order valence-corrected chi connectivity index (χ0v) is 16.8. The predicted molar refractivity (Wildman–Crippen MR) is 105 cm³/mol. The number of carbonyl (C=O) groups is 6. The van der Waals surface area contributed by atoms with Crippen molar-refractivity contribution in [3.8, 4) is 0 Å². The maximum Gasteiger partial charge on any atom is 0.327 e. The van der Waals surface area contributed by atoms with E-state index in [9.17, 15) is 28.8 Å². The summed E-state index contributed by atoms with van der Waals surface area (Å²) in [5.41, 5.74) is 15.5. The summed E-state index contributed by atoms with van der Waals surface area (Å²) >= 11 is 3.79. The fourth-order valence-electron chi connectivity index (χ4n) is 2.06. The highest BCUT2D eigenvalue weighted by Gasteiger charge is 2.31. The largest absolute Gasteiger partial charge is 0.480 e. The lowest BCUT2D eigenvalue weighted by molar-refractivity contribution is -0.141. The lowest BCUT2D eigenvalue weighted by Gasteiger charge is -2.24. The summed E-state index contributed by atoms with van der Waals surface area (Å²) in [6.07, 6.45) is -1.27. The summed E-state index contributed by atoms with van der Waals surface area (Å²) in [6.45, 7) is -0.719. The van der Waals surface area contributed by atoms with Crippen LogP contribution in [0.1, 0.15) is 19.3 Å². The normalized spacial score (nSPS) is 14.5. The van der Waals surface area contributed by atoms with Gasteiger partial charge in [0.15, 0.2) is 0 Å². The molecule has 0 aliphatic carbocycles. The highest BCUT2D eigenvalue weighted by molar-refractivity contribution is 7.80. The first-order valence-electron chi connectivity index (χ1n) is 8.60. The van der Waals surface area contributed by atoms with Gasteiger partial charge in [0.2, 0.25) is 29.5 Å². The number of nitrogens with two attached hydrogens (primary N) is 3. The van der Waals surface area contributed by atoms with E-state index < -0.39 is 72.7 Å². The molecule has 170 valence electrons. The second kappa shape index (κ2) is 13.3. The van der Waals surface area contributed by atoms with Crippen LogP contribution in [0.5, 0.6) is 0 Å². The number of aliphatic hydroxyl groups excluding tert-OH is 1. The van der Waals surface area contributed by atoms with Crippen molar-refractivity contribution in [2.45, 2.75) is 43.4 Å². The van der Waals surface area contributed by atoms with Gasteiger partial charge in [-0.3, -0.25) is 24.0 Å². The van der Waals surface area contributed by atoms with E-state index in [1.165, 1.54) is 0 Å². The van der Waals surface area contributed by atoms with Crippen LogP contribution in [0.3, 0.4) is 0 Å². The first-order valence-corrected chi connectivity index (χ1v) is 9.23. The zero-order valence-electron chi connectivity index (χ0n) is 15.9. The molecule has 4 unspecified atom stereocenters. The van der Waals surface area contributed by atoms with Gasteiger partial charge < -0.3 is 43.4 Å². The number of rotatable bonds is 14. The first kappa shape index (κ1) is 27.1. The third kappa shape index (κ3) is 10.0. The Balaban J connectivity index is 5.44. The molecule has 0 saturated carbocycles. The second-order valence-corrected chi connectivity index (χ2v) is 6.53. The number of hydrogen-bond donors (Lipinski definition) is 9. The number of nitrogens with one attached hydrogen (secondary N) is 3. The molecule has 11 N–H and O–H groups in total. The number of aliphatic hydroxyl groups is 1. The van der Waals surface area contributed by atoms with Crippen molar-refractivity contribution in [1.82, 2.24) is 16.0 Å². The minimum absolute atomic E-state index is 0.269. The number of carboxylic acid groups (broad SMARTS) is 1. The van der Waals surface area contributed by atoms with Crippen LogP contribution in [0.2, 0.25) is 0 Å². The van der Waals surface area contributed by atoms with Gasteiger partial charge in [-0.05, 0) is 6.42 Å². The summed E-state index contributed by atoms with van der Waals surface area (Å²) in [5.74, 6) is -6.36. The van der Waals surface area contributed by atoms with Crippen LogP contribution in [0, 0.1) is 0 Å². The summed E-state index contributed by atoms with van der Waals surface area (Å²) in [5, 5.41) is 24.3. The number of carboxylic acids is 1. The van der Waals surface area contributed by atoms with Gasteiger partial charge in [0.25, 0.3) is 0 Å². The molecule has 0 aromatic carbocycles. The Labute approximate surface area is 176 Å². The van der Waals surface area contributed by atoms with Gasteiger partial charge in [-0.15, -0.1) is 0 Å². The van der Waals surface area contributed by atoms with Gasteiger partial charge in [0, 0.05) is 12.2 Å². The summed E-state index contributed by atoms with van der Waals surface area (Å²) < 4.78 is 0. The van der Waals surface area contributed by atoms with E-state index in [-0.39, 0.29) is 18.6 Å². The lowest BCUT2D eigenvalue weighted by Crippen LogP contribution is -2.58. The number of thiol groups is 1. The smallest absolute Gasteiger partial charge is 0.327 e. The molecule has 0 aliphatic rings. The quantitative estimate of drug-likeness (QED) is 0.114. The summed E-state index contributed by atoms with van der Waals surface area (Å²) in [7, 11) is 0. The molecule has 0 aromatic heterocycles. The van der Waals surface area contributed by atoms with E-state index in [2.05, 4.69) is 28.6 Å². The average molecular weight is 450 g/mol. The van der Waals surface area contributed by atoms with Crippen molar-refractivity contribution in [3.63, 3.8) is 0 Å². The topological polar surface area (TPSA) is 257 Å². The van der Waals surface area contributed by atoms with E-state index >= 15 is 0 Å². The van der Waals surface area contributed by atoms with Crippen molar-refractivity contribution in [2.75, 3.05) is 12.4 Å². The van der Waals surface area contributed by atoms with E-state index in [0.717, 1.165) is 0 Å². The molecule has 0 fully saturated rings. The minimum atomic E-state index is -1.57. The molecule has 0 bridgehead atoms. The summed E-state index contributed by atoms with van der Waals surface area (Å²) in [6, 6.07) is -5.73. The Morgan fingerprint density at radius 3 is 1.77 bits per heavy atom. The molecule has 30 heavy (non-hydrogen) atoms. The van der Waals surface area contributed by atoms with Crippen LogP contribution in [-0.2, 0) is 28.8 Å². The van der Waals surface area contributed by atoms with Crippen molar-refractivity contribution >= 4 is 48.1 Å². The highest BCUT2D eigenvalue weighted by Crippen LogP contribution is 2.02. The molecule has 0 radical (unpaired) electrons. The number of aliphatic carboxylic acids is 1. The van der Waals surface area contributed by atoms with Crippen molar-refractivity contribution in [1.29, 1.82) is 0 Å². The fraction of sp³-hybridized carbons (Fsp3) is 0.600. The molecule has 0 heterocycles. The Morgan fingerprint density at radius 1 is 0.833 bits per heavy atom. The Bertz CT molecular complexity index is 676. The average Bonchev–Trinajstić information content (AvgIpc) is 2.66. The predicted octanol–water partition coefficient (Wildman–Crippen LogP) is -5.08. The number of hydrogen-bond acceptors (Lipinski definition) is 9. The SMILES string of the molecule is NC(=O)CCC(NC(=O)C(N)CO)C(=O)NC(CC(N)=O)C(=O)NC(CS)C(=O)O. The molecule has 0 aliphatic heterocycles. The number of carbonyl (C=O) groups excluding carboxylic acids is 5. The molecule has 0 rings (SSSR count). The van der Waals surface area contributed by atoms with E-state index in [0.29, 0.717) is 0 Å². The Hall–Kier alpha value is -2.91. The highest BCUT2D eigenvalue weighted by atomic mass is 32.1. The molecule has 0 saturated heterocycles. The van der Waals surface area contributed by atoms with Crippen molar-refractivity contribution < 1.29 is 39.0 Å². The van der Waals surface area contributed by atoms with Crippen LogP contribution < -0.4 is 33.2 Å². The Morgan fingerprint density at radius 2 is 1.33 bits per heavy atom. The monoisotopic (exact) mass is 450 g/mol. The Kier molecular flexibility index (Phi) is 12.0. The fourth-order valence-corrected chi connectivity index (χ4v) is 2.31. The lowest BCUT2D eigenvalue weighted by atomic mass is 10.1. The maximum atomic E-state index is 12.5. The van der Waals surface area contributed by atoms with Gasteiger partial charge in [-0.1, -0.05) is 0 Å². The maximum absolute atomic E-state index is 12.5. The van der Waals surface area contributed by atoms with Gasteiger partial charge in [-0.2, -0.15) is 12.6 Å². The van der Waals surface area contributed by atoms with Crippen molar-refractivity contribution in [2.24, 2.45) is 17.2 Å². The molecular weight excluding hydrogens is 424 g/mol.